The molecule has 0 aromatic rings. The fraction of sp³-hybridized carbons (Fsp3) is 0.500. The number of hydrogen-bond acceptors (Lipinski definition) is 1. The molecule has 7 heavy (non-hydrogen) atoms. The first-order chi connectivity index (χ1) is 3.43. The second-order valence-corrected chi connectivity index (χ2v) is 1.81. The van der Waals surface area contributed by atoms with E-state index in [-0.39, 0.29) is 5.92 Å². The van der Waals surface area contributed by atoms with Gasteiger partial charge in [-0.15, -0.1) is 0 Å². The molecule has 0 amide bonds. The first-order valence-electron chi connectivity index (χ1n) is 2.55. The van der Waals surface area contributed by atoms with Crippen molar-refractivity contribution in [1.82, 2.24) is 0 Å². The molecule has 0 saturated heterocycles. The minimum atomic E-state index is 0.236. The smallest absolute Gasteiger partial charge is 0.126 e. The van der Waals surface area contributed by atoms with E-state index in [2.05, 4.69) is 6.08 Å². The standard InChI is InChI=1S/C6H8O/c7-5-6-3-1-2-4-6/h1,3,5-6H,2,4H2/t6-/m0/s1. The van der Waals surface area contributed by atoms with Gasteiger partial charge in [-0.3, -0.25) is 0 Å². The minimum Gasteiger partial charge on any atom is -0.303 e. The zero-order valence-electron chi connectivity index (χ0n) is 4.13. The Balaban J connectivity index is 2.42. The Morgan fingerprint density at radius 2 is 2.57 bits per heavy atom. The Hall–Kier alpha value is -0.590. The number of carbonyl (C=O) groups excluding carboxylic acids is 1. The summed E-state index contributed by atoms with van der Waals surface area (Å²) in [5.41, 5.74) is 0. The maximum atomic E-state index is 9.96. The van der Waals surface area contributed by atoms with Crippen molar-refractivity contribution >= 4 is 6.29 Å². The van der Waals surface area contributed by atoms with Crippen LogP contribution in [0, 0.1) is 5.92 Å². The van der Waals surface area contributed by atoms with E-state index in [1.807, 2.05) is 6.08 Å². The molecule has 0 spiro atoms. The van der Waals surface area contributed by atoms with Gasteiger partial charge >= 0.3 is 0 Å². The predicted molar refractivity (Wildman–Crippen MR) is 27.9 cm³/mol. The van der Waals surface area contributed by atoms with Crippen molar-refractivity contribution in [2.24, 2.45) is 5.92 Å². The molecule has 1 heteroatoms. The monoisotopic (exact) mass is 96.1 g/mol. The Labute approximate surface area is 43.0 Å². The van der Waals surface area contributed by atoms with Crippen molar-refractivity contribution in [3.8, 4) is 0 Å². The second kappa shape index (κ2) is 1.92. The molecule has 0 aliphatic heterocycles. The van der Waals surface area contributed by atoms with Gasteiger partial charge in [0.15, 0.2) is 0 Å². The van der Waals surface area contributed by atoms with E-state index in [0.717, 1.165) is 19.1 Å². The molecule has 0 bridgehead atoms. The van der Waals surface area contributed by atoms with Gasteiger partial charge in [0.2, 0.25) is 0 Å². The van der Waals surface area contributed by atoms with E-state index in [4.69, 9.17) is 0 Å². The molecular formula is C6H8O. The van der Waals surface area contributed by atoms with Gasteiger partial charge in [0.1, 0.15) is 6.29 Å². The molecule has 0 aromatic heterocycles. The van der Waals surface area contributed by atoms with Crippen LogP contribution in [0.5, 0.6) is 0 Å². The Morgan fingerprint density at radius 3 is 2.86 bits per heavy atom. The predicted octanol–water partition coefficient (Wildman–Crippen LogP) is 1.15. The number of carbonyl (C=O) groups is 1. The van der Waals surface area contributed by atoms with E-state index in [1.54, 1.807) is 0 Å². The van der Waals surface area contributed by atoms with Gasteiger partial charge < -0.3 is 4.79 Å². The van der Waals surface area contributed by atoms with Crippen LogP contribution in [0.25, 0.3) is 0 Å². The SMILES string of the molecule is O=C[C@H]1C=CCC1. The fourth-order valence-corrected chi connectivity index (χ4v) is 0.769. The molecule has 0 radical (unpaired) electrons. The van der Waals surface area contributed by atoms with Crippen molar-refractivity contribution in [3.63, 3.8) is 0 Å². The molecule has 0 N–H and O–H groups in total. The summed E-state index contributed by atoms with van der Waals surface area (Å²) in [6.07, 6.45) is 7.14. The van der Waals surface area contributed by atoms with Gasteiger partial charge in [-0.25, -0.2) is 0 Å². The van der Waals surface area contributed by atoms with Gasteiger partial charge in [-0.1, -0.05) is 12.2 Å². The molecule has 0 heterocycles. The van der Waals surface area contributed by atoms with Crippen LogP contribution in [-0.2, 0) is 4.79 Å². The lowest BCUT2D eigenvalue weighted by Gasteiger charge is -1.88. The average molecular weight is 96.1 g/mol. The lowest BCUT2D eigenvalue weighted by Crippen LogP contribution is -1.89. The van der Waals surface area contributed by atoms with Crippen LogP contribution in [-0.4, -0.2) is 6.29 Å². The molecule has 38 valence electrons. The average Bonchev–Trinajstić information content (AvgIpc) is 2.14. The lowest BCUT2D eigenvalue weighted by atomic mass is 10.2. The van der Waals surface area contributed by atoms with Crippen molar-refractivity contribution in [2.75, 3.05) is 0 Å². The largest absolute Gasteiger partial charge is 0.303 e. The summed E-state index contributed by atoms with van der Waals surface area (Å²) >= 11 is 0. The van der Waals surface area contributed by atoms with Crippen molar-refractivity contribution in [1.29, 1.82) is 0 Å². The quantitative estimate of drug-likeness (QED) is 0.353. The first-order valence-corrected chi connectivity index (χ1v) is 2.55. The molecule has 0 fully saturated rings. The van der Waals surface area contributed by atoms with Gasteiger partial charge in [0.05, 0.1) is 0 Å². The third-order valence-corrected chi connectivity index (χ3v) is 1.22. The molecule has 1 aliphatic carbocycles. The highest BCUT2D eigenvalue weighted by Crippen LogP contribution is 2.13. The van der Waals surface area contributed by atoms with E-state index >= 15 is 0 Å². The number of aldehydes is 1. The van der Waals surface area contributed by atoms with E-state index in [0.29, 0.717) is 0 Å². The second-order valence-electron chi connectivity index (χ2n) is 1.81. The molecule has 0 unspecified atom stereocenters. The maximum absolute atomic E-state index is 9.96. The summed E-state index contributed by atoms with van der Waals surface area (Å²) in [7, 11) is 0. The highest BCUT2D eigenvalue weighted by molar-refractivity contribution is 5.57. The topological polar surface area (TPSA) is 17.1 Å². The maximum Gasteiger partial charge on any atom is 0.126 e. The molecule has 1 nitrogen and oxygen atoms in total. The van der Waals surface area contributed by atoms with Crippen LogP contribution in [0.1, 0.15) is 12.8 Å². The number of allylic oxidation sites excluding steroid dienone is 2. The zero-order valence-corrected chi connectivity index (χ0v) is 4.13. The van der Waals surface area contributed by atoms with Crippen LogP contribution in [0.2, 0.25) is 0 Å². The summed E-state index contributed by atoms with van der Waals surface area (Å²) < 4.78 is 0. The summed E-state index contributed by atoms with van der Waals surface area (Å²) in [5, 5.41) is 0. The van der Waals surface area contributed by atoms with Crippen molar-refractivity contribution in [2.45, 2.75) is 12.8 Å². The van der Waals surface area contributed by atoms with Gasteiger partial charge in [0, 0.05) is 5.92 Å². The van der Waals surface area contributed by atoms with Crippen LogP contribution >= 0.6 is 0 Å². The van der Waals surface area contributed by atoms with Crippen LogP contribution in [0.15, 0.2) is 12.2 Å². The van der Waals surface area contributed by atoms with Crippen molar-refractivity contribution in [3.05, 3.63) is 12.2 Å². The molecule has 1 rings (SSSR count). The highest BCUT2D eigenvalue weighted by atomic mass is 16.1. The molecule has 1 atom stereocenters. The van der Waals surface area contributed by atoms with E-state index in [9.17, 15) is 4.79 Å². The lowest BCUT2D eigenvalue weighted by molar-refractivity contribution is -0.109. The summed E-state index contributed by atoms with van der Waals surface area (Å²) in [6, 6.07) is 0. The highest BCUT2D eigenvalue weighted by Gasteiger charge is 2.04. The Kier molecular flexibility index (Phi) is 1.25. The molecule has 1 aliphatic rings. The van der Waals surface area contributed by atoms with Gasteiger partial charge in [-0.2, -0.15) is 0 Å². The minimum absolute atomic E-state index is 0.236. The number of hydrogen-bond donors (Lipinski definition) is 0. The third kappa shape index (κ3) is 0.889. The Bertz CT molecular complexity index is 94.4. The number of rotatable bonds is 1. The molecule has 0 saturated carbocycles. The summed E-state index contributed by atoms with van der Waals surface area (Å²) in [5.74, 6) is 0.236. The zero-order chi connectivity index (χ0) is 5.11. The first kappa shape index (κ1) is 4.57. The summed E-state index contributed by atoms with van der Waals surface area (Å²) in [4.78, 5) is 9.96. The molecular weight excluding hydrogens is 88.1 g/mol. The normalized spacial score (nSPS) is 28.3. The van der Waals surface area contributed by atoms with E-state index < -0.39 is 0 Å². The molecule has 0 aromatic carbocycles. The fourth-order valence-electron chi connectivity index (χ4n) is 0.769. The van der Waals surface area contributed by atoms with Gasteiger partial charge in [-0.05, 0) is 12.8 Å². The summed E-state index contributed by atoms with van der Waals surface area (Å²) in [6.45, 7) is 0. The van der Waals surface area contributed by atoms with Crippen LogP contribution in [0.4, 0.5) is 0 Å². The Morgan fingerprint density at radius 1 is 1.71 bits per heavy atom. The third-order valence-electron chi connectivity index (χ3n) is 1.22. The van der Waals surface area contributed by atoms with Crippen molar-refractivity contribution < 1.29 is 4.79 Å². The van der Waals surface area contributed by atoms with Crippen LogP contribution in [0.3, 0.4) is 0 Å². The van der Waals surface area contributed by atoms with Gasteiger partial charge in [0.25, 0.3) is 0 Å². The van der Waals surface area contributed by atoms with Crippen LogP contribution < -0.4 is 0 Å². The van der Waals surface area contributed by atoms with E-state index in [1.165, 1.54) is 0 Å².